The second-order valence-electron chi connectivity index (χ2n) is 5.47. The van der Waals surface area contributed by atoms with Gasteiger partial charge in [-0.3, -0.25) is 4.31 Å². The maximum Gasteiger partial charge on any atom is 0.0557 e. The number of hydrogen-bond donors (Lipinski definition) is 0. The molecule has 2 aromatic rings. The summed E-state index contributed by atoms with van der Waals surface area (Å²) >= 11 is 1.92. The molecule has 0 aliphatic carbocycles. The molecular weight excluding hydrogens is 262 g/mol. The lowest BCUT2D eigenvalue weighted by Crippen LogP contribution is -2.33. The van der Waals surface area contributed by atoms with Crippen LogP contribution in [0, 0.1) is 0 Å². The molecule has 2 heteroatoms. The maximum absolute atomic E-state index is 3.92. The van der Waals surface area contributed by atoms with E-state index >= 15 is 0 Å². The predicted molar refractivity (Wildman–Crippen MR) is 89.5 cm³/mol. The summed E-state index contributed by atoms with van der Waals surface area (Å²) in [6, 6.07) is 19.3. The monoisotopic (exact) mass is 281 g/mol. The van der Waals surface area contributed by atoms with Gasteiger partial charge in [-0.05, 0) is 55.5 Å². The lowest BCUT2D eigenvalue weighted by atomic mass is 9.95. The van der Waals surface area contributed by atoms with Crippen LogP contribution >= 0.6 is 11.9 Å². The first kappa shape index (κ1) is 13.3. The van der Waals surface area contributed by atoms with Crippen LogP contribution in [0.15, 0.2) is 67.3 Å². The van der Waals surface area contributed by atoms with Crippen molar-refractivity contribution in [2.45, 2.75) is 24.5 Å². The average Bonchev–Trinajstić information content (AvgIpc) is 2.47. The van der Waals surface area contributed by atoms with E-state index in [-0.39, 0.29) is 4.75 Å². The van der Waals surface area contributed by atoms with E-state index in [1.165, 1.54) is 16.9 Å². The van der Waals surface area contributed by atoms with Crippen molar-refractivity contribution in [2.75, 3.05) is 4.31 Å². The number of anilines is 2. The van der Waals surface area contributed by atoms with Gasteiger partial charge in [-0.25, -0.2) is 0 Å². The van der Waals surface area contributed by atoms with Crippen LogP contribution in [0.1, 0.15) is 18.9 Å². The second kappa shape index (κ2) is 5.37. The van der Waals surface area contributed by atoms with Gasteiger partial charge in [0, 0.05) is 4.75 Å². The van der Waals surface area contributed by atoms with E-state index in [1.54, 1.807) is 0 Å². The third kappa shape index (κ3) is 2.48. The van der Waals surface area contributed by atoms with E-state index in [0.717, 1.165) is 12.8 Å². The maximum atomic E-state index is 3.92. The lowest BCUT2D eigenvalue weighted by molar-refractivity contribution is 0.643. The molecule has 0 spiro atoms. The Kier molecular flexibility index (Phi) is 3.58. The van der Waals surface area contributed by atoms with Gasteiger partial charge >= 0.3 is 0 Å². The standard InChI is InChI=1S/C18H19NS/c1-3-13-18(2)14-15-9-7-8-12-17(15)19(20-18)16-10-5-4-6-11-16/h3-12H,1,13-14H2,2H3. The molecule has 0 radical (unpaired) electrons. The number of benzene rings is 2. The molecule has 1 heterocycles. The zero-order chi connectivity index (χ0) is 14.0. The first-order valence-corrected chi connectivity index (χ1v) is 7.72. The fraction of sp³-hybridized carbons (Fsp3) is 0.222. The number of rotatable bonds is 3. The largest absolute Gasteiger partial charge is 0.284 e. The molecular formula is C18H19NS. The highest BCUT2D eigenvalue weighted by Gasteiger charge is 2.34. The van der Waals surface area contributed by atoms with Crippen LogP contribution in [0.5, 0.6) is 0 Å². The molecule has 1 unspecified atom stereocenters. The fourth-order valence-electron chi connectivity index (χ4n) is 2.73. The molecule has 1 aliphatic rings. The summed E-state index contributed by atoms with van der Waals surface area (Å²) < 4.78 is 2.54. The summed E-state index contributed by atoms with van der Waals surface area (Å²) in [5.74, 6) is 0. The lowest BCUT2D eigenvalue weighted by Gasteiger charge is -2.41. The minimum atomic E-state index is 0.173. The minimum absolute atomic E-state index is 0.173. The first-order chi connectivity index (χ1) is 9.72. The molecule has 1 nitrogen and oxygen atoms in total. The van der Waals surface area contributed by atoms with Crippen LogP contribution in [0.2, 0.25) is 0 Å². The Labute approximate surface area is 125 Å². The SMILES string of the molecule is C=CCC1(C)Cc2ccccc2N(c2ccccc2)S1. The summed E-state index contributed by atoms with van der Waals surface area (Å²) in [5.41, 5.74) is 3.96. The van der Waals surface area contributed by atoms with Crippen LogP contribution in [-0.4, -0.2) is 4.75 Å². The zero-order valence-electron chi connectivity index (χ0n) is 11.8. The topological polar surface area (TPSA) is 3.24 Å². The van der Waals surface area contributed by atoms with Gasteiger partial charge in [-0.15, -0.1) is 6.58 Å². The van der Waals surface area contributed by atoms with Crippen molar-refractivity contribution in [3.05, 3.63) is 72.8 Å². The Balaban J connectivity index is 2.06. The molecule has 0 amide bonds. The van der Waals surface area contributed by atoms with Crippen molar-refractivity contribution in [1.29, 1.82) is 0 Å². The number of hydrogen-bond acceptors (Lipinski definition) is 2. The number of fused-ring (bicyclic) bond motifs is 1. The molecule has 20 heavy (non-hydrogen) atoms. The fourth-order valence-corrected chi connectivity index (χ4v) is 4.09. The third-order valence-electron chi connectivity index (χ3n) is 3.65. The van der Waals surface area contributed by atoms with Crippen LogP contribution in [0.25, 0.3) is 0 Å². The van der Waals surface area contributed by atoms with Crippen LogP contribution in [-0.2, 0) is 6.42 Å². The van der Waals surface area contributed by atoms with Gasteiger partial charge in [0.15, 0.2) is 0 Å². The minimum Gasteiger partial charge on any atom is -0.284 e. The molecule has 0 saturated heterocycles. The van der Waals surface area contributed by atoms with E-state index in [2.05, 4.69) is 72.4 Å². The summed E-state index contributed by atoms with van der Waals surface area (Å²) in [5, 5.41) is 0. The van der Waals surface area contributed by atoms with Crippen molar-refractivity contribution in [1.82, 2.24) is 0 Å². The van der Waals surface area contributed by atoms with E-state index in [9.17, 15) is 0 Å². The molecule has 102 valence electrons. The Bertz CT molecular complexity index is 608. The van der Waals surface area contributed by atoms with Crippen molar-refractivity contribution in [3.63, 3.8) is 0 Å². The first-order valence-electron chi connectivity index (χ1n) is 6.95. The molecule has 0 bridgehead atoms. The van der Waals surface area contributed by atoms with Crippen molar-refractivity contribution < 1.29 is 0 Å². The second-order valence-corrected chi connectivity index (χ2v) is 7.00. The molecule has 2 aromatic carbocycles. The van der Waals surface area contributed by atoms with E-state index in [0.29, 0.717) is 0 Å². The van der Waals surface area contributed by atoms with Crippen molar-refractivity contribution in [2.24, 2.45) is 0 Å². The van der Waals surface area contributed by atoms with Gasteiger partial charge in [0.1, 0.15) is 0 Å². The highest BCUT2D eigenvalue weighted by molar-refractivity contribution is 8.02. The highest BCUT2D eigenvalue weighted by Crippen LogP contribution is 2.48. The van der Waals surface area contributed by atoms with Crippen molar-refractivity contribution in [3.8, 4) is 0 Å². The predicted octanol–water partition coefficient (Wildman–Crippen LogP) is 5.36. The van der Waals surface area contributed by atoms with Gasteiger partial charge in [0.05, 0.1) is 11.4 Å². The van der Waals surface area contributed by atoms with Crippen LogP contribution in [0.3, 0.4) is 0 Å². The highest BCUT2D eigenvalue weighted by atomic mass is 32.2. The van der Waals surface area contributed by atoms with Gasteiger partial charge in [-0.2, -0.15) is 0 Å². The molecule has 0 N–H and O–H groups in total. The Morgan fingerprint density at radius 3 is 2.60 bits per heavy atom. The van der Waals surface area contributed by atoms with E-state index < -0.39 is 0 Å². The quantitative estimate of drug-likeness (QED) is 0.550. The summed E-state index contributed by atoms with van der Waals surface area (Å²) in [7, 11) is 0. The molecule has 3 rings (SSSR count). The smallest absolute Gasteiger partial charge is 0.0557 e. The van der Waals surface area contributed by atoms with Gasteiger partial charge in [-0.1, -0.05) is 42.5 Å². The molecule has 0 fully saturated rings. The molecule has 1 atom stereocenters. The average molecular weight is 281 g/mol. The van der Waals surface area contributed by atoms with E-state index in [4.69, 9.17) is 0 Å². The van der Waals surface area contributed by atoms with Crippen LogP contribution < -0.4 is 4.31 Å². The normalized spacial score (nSPS) is 21.4. The number of nitrogens with zero attached hydrogens (tertiary/aromatic N) is 1. The van der Waals surface area contributed by atoms with Gasteiger partial charge in [0.2, 0.25) is 0 Å². The molecule has 0 aromatic heterocycles. The molecule has 0 saturated carbocycles. The zero-order valence-corrected chi connectivity index (χ0v) is 12.6. The Morgan fingerprint density at radius 2 is 1.85 bits per heavy atom. The van der Waals surface area contributed by atoms with Gasteiger partial charge in [0.25, 0.3) is 0 Å². The summed E-state index contributed by atoms with van der Waals surface area (Å²) in [6.45, 7) is 6.25. The Hall–Kier alpha value is -1.67. The van der Waals surface area contributed by atoms with Gasteiger partial charge < -0.3 is 0 Å². The third-order valence-corrected chi connectivity index (χ3v) is 5.00. The molecule has 1 aliphatic heterocycles. The van der Waals surface area contributed by atoms with Crippen molar-refractivity contribution >= 4 is 23.3 Å². The Morgan fingerprint density at radius 1 is 1.15 bits per heavy atom. The number of para-hydroxylation sites is 2. The summed E-state index contributed by atoms with van der Waals surface area (Å²) in [4.78, 5) is 0. The summed E-state index contributed by atoms with van der Waals surface area (Å²) in [6.07, 6.45) is 4.13. The van der Waals surface area contributed by atoms with E-state index in [1.807, 2.05) is 18.0 Å². The van der Waals surface area contributed by atoms with Crippen LogP contribution in [0.4, 0.5) is 11.4 Å². The number of allylic oxidation sites excluding steroid dienone is 1.